The topological polar surface area (TPSA) is 62.5 Å². The van der Waals surface area contributed by atoms with Gasteiger partial charge in [0.15, 0.2) is 17.2 Å². The summed E-state index contributed by atoms with van der Waals surface area (Å²) in [6.07, 6.45) is 1.58. The van der Waals surface area contributed by atoms with Crippen LogP contribution in [0.1, 0.15) is 47.1 Å². The summed E-state index contributed by atoms with van der Waals surface area (Å²) >= 11 is 8.07. The molecule has 1 N–H and O–H groups in total. The molecule has 0 saturated heterocycles. The number of pyridine rings is 1. The number of benzene rings is 2. The number of hydrogen-bond donors (Lipinski definition) is 1. The third kappa shape index (κ3) is 3.17. The molecular weight excluding hydrogens is 432 g/mol. The van der Waals surface area contributed by atoms with Crippen molar-refractivity contribution in [2.24, 2.45) is 5.41 Å². The van der Waals surface area contributed by atoms with Gasteiger partial charge < -0.3 is 5.11 Å². The highest BCUT2D eigenvalue weighted by Gasteiger charge is 2.44. The van der Waals surface area contributed by atoms with E-state index >= 15 is 0 Å². The fourth-order valence-corrected chi connectivity index (χ4v) is 5.76. The van der Waals surface area contributed by atoms with Crippen LogP contribution in [0.2, 0.25) is 5.02 Å². The van der Waals surface area contributed by atoms with Crippen molar-refractivity contribution in [1.29, 1.82) is 0 Å². The molecule has 0 radical (unpaired) electrons. The third-order valence-corrected chi connectivity index (χ3v) is 7.39. The molecule has 1 aromatic heterocycles. The first kappa shape index (κ1) is 20.2. The zero-order valence-electron chi connectivity index (χ0n) is 17.1. The van der Waals surface area contributed by atoms with Crippen LogP contribution in [-0.4, -0.2) is 22.1 Å². The number of aromatic nitrogens is 1. The van der Waals surface area contributed by atoms with Crippen molar-refractivity contribution in [2.75, 3.05) is 11.6 Å². The smallest absolute Gasteiger partial charge is 0.224 e. The van der Waals surface area contributed by atoms with Gasteiger partial charge in [-0.1, -0.05) is 49.7 Å². The number of thioether (sulfide) groups is 1. The minimum absolute atomic E-state index is 0.0358. The summed E-state index contributed by atoms with van der Waals surface area (Å²) in [5.74, 6) is 0.0337. The van der Waals surface area contributed by atoms with Gasteiger partial charge in [0.2, 0.25) is 5.43 Å². The highest BCUT2D eigenvalue weighted by atomic mass is 35.5. The number of fused-ring (bicyclic) bond motifs is 3. The van der Waals surface area contributed by atoms with Crippen LogP contribution in [0.25, 0.3) is 0 Å². The summed E-state index contributed by atoms with van der Waals surface area (Å²) in [5, 5.41) is 13.3. The molecule has 2 aromatic carbocycles. The minimum atomic E-state index is -0.785. The predicted octanol–water partition coefficient (Wildman–Crippen LogP) is 4.76. The maximum absolute atomic E-state index is 13.2. The van der Waals surface area contributed by atoms with Crippen molar-refractivity contribution in [3.63, 3.8) is 0 Å². The van der Waals surface area contributed by atoms with Gasteiger partial charge in [0.05, 0.1) is 6.04 Å². The Hall–Kier alpha value is -2.70. The molecule has 5 rings (SSSR count). The Morgan fingerprint density at radius 3 is 2.68 bits per heavy atom. The van der Waals surface area contributed by atoms with Gasteiger partial charge in [-0.2, -0.15) is 0 Å². The zero-order valence-corrected chi connectivity index (χ0v) is 18.7. The molecule has 31 heavy (non-hydrogen) atoms. The second-order valence-corrected chi connectivity index (χ2v) is 10.1. The Kier molecular flexibility index (Phi) is 4.68. The lowest BCUT2D eigenvalue weighted by Crippen LogP contribution is -2.54. The number of Topliss-reactive ketones (excluding diaryl/α,β-unsaturated/α-hetero) is 1. The summed E-state index contributed by atoms with van der Waals surface area (Å²) in [6, 6.07) is 15.2. The van der Waals surface area contributed by atoms with Crippen LogP contribution in [0.4, 0.5) is 0 Å². The Balaban J connectivity index is 1.81. The van der Waals surface area contributed by atoms with Gasteiger partial charge in [-0.05, 0) is 34.9 Å². The zero-order chi connectivity index (χ0) is 21.9. The Morgan fingerprint density at radius 1 is 1.10 bits per heavy atom. The number of ketones is 1. The molecule has 0 amide bonds. The number of hydrogen-bond acceptors (Lipinski definition) is 5. The molecule has 3 aromatic rings. The van der Waals surface area contributed by atoms with Crippen LogP contribution in [0.3, 0.4) is 0 Å². The number of aromatic hydroxyl groups is 1. The third-order valence-electron chi connectivity index (χ3n) is 6.01. The maximum Gasteiger partial charge on any atom is 0.224 e. The molecule has 158 valence electrons. The molecule has 5 nitrogen and oxygen atoms in total. The van der Waals surface area contributed by atoms with Crippen LogP contribution in [0, 0.1) is 5.41 Å². The quantitative estimate of drug-likeness (QED) is 0.576. The van der Waals surface area contributed by atoms with E-state index in [1.165, 1.54) is 6.07 Å². The van der Waals surface area contributed by atoms with E-state index in [2.05, 4.69) is 17.1 Å². The molecule has 3 heterocycles. The number of carbonyl (C=O) groups excluding carboxylic acids is 1. The highest BCUT2D eigenvalue weighted by molar-refractivity contribution is 7.98. The van der Waals surface area contributed by atoms with Crippen molar-refractivity contribution in [3.05, 3.63) is 92.4 Å². The van der Waals surface area contributed by atoms with Crippen molar-refractivity contribution >= 4 is 29.1 Å². The summed E-state index contributed by atoms with van der Waals surface area (Å²) in [7, 11) is 0. The molecule has 0 fully saturated rings. The van der Waals surface area contributed by atoms with Gasteiger partial charge in [-0.15, -0.1) is 11.8 Å². The van der Waals surface area contributed by atoms with Gasteiger partial charge in [0.25, 0.3) is 0 Å². The lowest BCUT2D eigenvalue weighted by atomic mass is 9.82. The highest BCUT2D eigenvalue weighted by Crippen LogP contribution is 2.45. The molecule has 7 heteroatoms. The van der Waals surface area contributed by atoms with Gasteiger partial charge in [0.1, 0.15) is 0 Å². The standard InChI is InChI=1S/C24H21ClN2O3S/c1-24(2)13-27(26-10-9-18(28)22(29)21(26)23(24)30)20-16-8-7-15(25)11-14(16)12-31-19-6-4-3-5-17(19)20/h3-11,20,29H,12-13H2,1-2H3. The first-order chi connectivity index (χ1) is 14.8. The Morgan fingerprint density at radius 2 is 1.87 bits per heavy atom. The molecule has 0 spiro atoms. The van der Waals surface area contributed by atoms with Crippen LogP contribution >= 0.6 is 23.4 Å². The number of rotatable bonds is 1. The van der Waals surface area contributed by atoms with Crippen molar-refractivity contribution in [3.8, 4) is 5.75 Å². The molecular formula is C24H21ClN2O3S. The largest absolute Gasteiger partial charge is 0.503 e. The minimum Gasteiger partial charge on any atom is -0.503 e. The monoisotopic (exact) mass is 452 g/mol. The summed E-state index contributed by atoms with van der Waals surface area (Å²) in [6.45, 7) is 4.12. The SMILES string of the molecule is CC1(C)CN(C2c3ccc(Cl)cc3CSc3ccccc32)n2ccc(=O)c(O)c2C1=O. The average Bonchev–Trinajstić information content (AvgIpc) is 2.89. The number of carbonyl (C=O) groups is 1. The maximum atomic E-state index is 13.2. The van der Waals surface area contributed by atoms with Crippen LogP contribution in [0.15, 0.2) is 64.4 Å². The van der Waals surface area contributed by atoms with E-state index in [4.69, 9.17) is 11.6 Å². The van der Waals surface area contributed by atoms with Gasteiger partial charge >= 0.3 is 0 Å². The molecule has 1 unspecified atom stereocenters. The second-order valence-electron chi connectivity index (χ2n) is 8.60. The van der Waals surface area contributed by atoms with Crippen LogP contribution < -0.4 is 10.4 Å². The fraction of sp³-hybridized carbons (Fsp3) is 0.250. The normalized spacial score (nSPS) is 19.3. The number of nitrogens with zero attached hydrogens (tertiary/aromatic N) is 2. The van der Waals surface area contributed by atoms with Crippen molar-refractivity contribution in [1.82, 2.24) is 4.68 Å². The average molecular weight is 453 g/mol. The number of halogens is 1. The van der Waals surface area contributed by atoms with E-state index < -0.39 is 16.6 Å². The lowest BCUT2D eigenvalue weighted by molar-refractivity contribution is 0.0786. The van der Waals surface area contributed by atoms with Gasteiger partial charge in [0, 0.05) is 39.9 Å². The van der Waals surface area contributed by atoms with Crippen LogP contribution in [0.5, 0.6) is 5.75 Å². The summed E-state index contributed by atoms with van der Waals surface area (Å²) < 4.78 is 1.65. The molecule has 2 aliphatic rings. The summed E-state index contributed by atoms with van der Waals surface area (Å²) in [5.41, 5.74) is 2.03. The van der Waals surface area contributed by atoms with Crippen molar-refractivity contribution < 1.29 is 9.90 Å². The van der Waals surface area contributed by atoms with Gasteiger partial charge in [-0.25, -0.2) is 0 Å². The van der Waals surface area contributed by atoms with E-state index in [-0.39, 0.29) is 17.5 Å². The second kappa shape index (κ2) is 7.18. The first-order valence-corrected chi connectivity index (χ1v) is 11.4. The van der Waals surface area contributed by atoms with E-state index in [0.717, 1.165) is 27.3 Å². The fourth-order valence-electron chi connectivity index (χ4n) is 4.48. The molecule has 1 atom stereocenters. The molecule has 0 aliphatic carbocycles. The van der Waals surface area contributed by atoms with Crippen LogP contribution in [-0.2, 0) is 5.75 Å². The van der Waals surface area contributed by atoms with E-state index in [0.29, 0.717) is 11.6 Å². The first-order valence-electron chi connectivity index (χ1n) is 10.0. The predicted molar refractivity (Wildman–Crippen MR) is 123 cm³/mol. The Labute approximate surface area is 189 Å². The molecule has 2 aliphatic heterocycles. The van der Waals surface area contributed by atoms with E-state index in [9.17, 15) is 14.7 Å². The van der Waals surface area contributed by atoms with Gasteiger partial charge in [-0.3, -0.25) is 19.3 Å². The Bertz CT molecular complexity index is 1280. The summed E-state index contributed by atoms with van der Waals surface area (Å²) in [4.78, 5) is 26.5. The molecule has 0 saturated carbocycles. The van der Waals surface area contributed by atoms with E-state index in [1.54, 1.807) is 22.6 Å². The molecule has 0 bridgehead atoms. The van der Waals surface area contributed by atoms with E-state index in [1.807, 2.05) is 44.2 Å². The van der Waals surface area contributed by atoms with Crippen molar-refractivity contribution in [2.45, 2.75) is 30.5 Å². The lowest BCUT2D eigenvalue weighted by Gasteiger charge is -2.45.